The molecule has 7 aromatic carbocycles. The van der Waals surface area contributed by atoms with Crippen LogP contribution < -0.4 is 0 Å². The minimum Gasteiger partial charge on any atom is -0.358 e. The van der Waals surface area contributed by atoms with Gasteiger partial charge in [-0.3, -0.25) is 0 Å². The first-order valence-corrected chi connectivity index (χ1v) is 14.9. The van der Waals surface area contributed by atoms with Crippen LogP contribution in [0.15, 0.2) is 164 Å². The zero-order chi connectivity index (χ0) is 28.8. The Bertz CT molecular complexity index is 1940. The molecule has 45 heavy (non-hydrogen) atoms. The molecule has 0 aromatic heterocycles. The SMILES string of the molecule is C1=CC(c2ccc3c([cH-]c4ccccc43)c2C2C=Cc3ccccc32)c2ccccc21.[CH3-].[Hf+4].[c-]1ccccc1.[c-]1ccccc1. The predicted octanol–water partition coefficient (Wildman–Crippen LogP) is 11.5. The number of hydrogen-bond donors (Lipinski definition) is 0. The van der Waals surface area contributed by atoms with E-state index in [9.17, 15) is 0 Å². The second kappa shape index (κ2) is 15.0. The van der Waals surface area contributed by atoms with Crippen LogP contribution in [0, 0.1) is 19.6 Å². The van der Waals surface area contributed by atoms with Gasteiger partial charge in [-0.1, -0.05) is 114 Å². The van der Waals surface area contributed by atoms with Gasteiger partial charge in [-0.25, -0.2) is 0 Å². The largest absolute Gasteiger partial charge is 4.00 e. The van der Waals surface area contributed by atoms with Crippen molar-refractivity contribution < 1.29 is 25.8 Å². The predicted molar refractivity (Wildman–Crippen MR) is 189 cm³/mol. The normalized spacial score (nSPS) is 15.0. The maximum Gasteiger partial charge on any atom is 4.00 e. The van der Waals surface area contributed by atoms with Crippen molar-refractivity contribution in [3.63, 3.8) is 0 Å². The molecule has 7 aromatic rings. The van der Waals surface area contributed by atoms with Gasteiger partial charge in [0.05, 0.1) is 0 Å². The minimum absolute atomic E-state index is 0. The number of benzene rings is 6. The summed E-state index contributed by atoms with van der Waals surface area (Å²) in [6.07, 6.45) is 9.35. The third-order valence-electron chi connectivity index (χ3n) is 8.33. The maximum absolute atomic E-state index is 2.89. The van der Waals surface area contributed by atoms with Crippen LogP contribution in [-0.4, -0.2) is 0 Å². The van der Waals surface area contributed by atoms with Crippen LogP contribution >= 0.6 is 0 Å². The Kier molecular flexibility index (Phi) is 10.7. The zero-order valence-corrected chi connectivity index (χ0v) is 29.0. The van der Waals surface area contributed by atoms with Crippen LogP contribution in [0.2, 0.25) is 0 Å². The second-order valence-electron chi connectivity index (χ2n) is 10.8. The maximum atomic E-state index is 2.89. The Morgan fingerprint density at radius 3 is 1.58 bits per heavy atom. The van der Waals surface area contributed by atoms with Crippen molar-refractivity contribution in [2.45, 2.75) is 11.8 Å². The molecule has 0 aliphatic heterocycles. The third kappa shape index (κ3) is 6.65. The van der Waals surface area contributed by atoms with Crippen molar-refractivity contribution >= 4 is 33.7 Å². The first-order chi connectivity index (χ1) is 21.4. The van der Waals surface area contributed by atoms with Crippen molar-refractivity contribution in [1.29, 1.82) is 0 Å². The molecular weight excluding hydrogens is 707 g/mol. The number of rotatable bonds is 2. The van der Waals surface area contributed by atoms with E-state index < -0.39 is 0 Å². The molecule has 2 aliphatic rings. The molecule has 0 radical (unpaired) electrons. The average Bonchev–Trinajstić information content (AvgIpc) is 3.82. The van der Waals surface area contributed by atoms with Crippen LogP contribution in [0.25, 0.3) is 33.7 Å². The second-order valence-corrected chi connectivity index (χ2v) is 10.8. The Hall–Kier alpha value is -4.46. The van der Waals surface area contributed by atoms with Crippen molar-refractivity contribution in [3.05, 3.63) is 217 Å². The molecular formula is C44H34Hf. The molecule has 0 heterocycles. The summed E-state index contributed by atoms with van der Waals surface area (Å²) < 4.78 is 0. The molecule has 0 spiro atoms. The van der Waals surface area contributed by atoms with Crippen molar-refractivity contribution in [2.75, 3.05) is 0 Å². The molecule has 0 bridgehead atoms. The van der Waals surface area contributed by atoms with Gasteiger partial charge in [-0.05, 0) is 22.3 Å². The monoisotopic (exact) mass is 742 g/mol. The van der Waals surface area contributed by atoms with E-state index in [1.165, 1.54) is 54.9 Å². The van der Waals surface area contributed by atoms with Crippen molar-refractivity contribution in [2.24, 2.45) is 0 Å². The van der Waals surface area contributed by atoms with Crippen molar-refractivity contribution in [1.82, 2.24) is 0 Å². The van der Waals surface area contributed by atoms with Gasteiger partial charge in [0.2, 0.25) is 0 Å². The van der Waals surface area contributed by atoms with E-state index in [0.717, 1.165) is 0 Å². The molecule has 1 heteroatoms. The molecule has 0 nitrogen and oxygen atoms in total. The molecule has 2 aliphatic carbocycles. The molecule has 0 fully saturated rings. The Morgan fingerprint density at radius 2 is 1.00 bits per heavy atom. The van der Waals surface area contributed by atoms with Crippen LogP contribution in [0.3, 0.4) is 0 Å². The summed E-state index contributed by atoms with van der Waals surface area (Å²) in [6, 6.07) is 58.6. The molecule has 9 rings (SSSR count). The molecule has 2 atom stereocenters. The fraction of sp³-hybridized carbons (Fsp3) is 0.0455. The molecule has 2 unspecified atom stereocenters. The summed E-state index contributed by atoms with van der Waals surface area (Å²) in [4.78, 5) is 0. The van der Waals surface area contributed by atoms with E-state index in [1.807, 2.05) is 60.7 Å². The minimum atomic E-state index is 0. The van der Waals surface area contributed by atoms with Gasteiger partial charge < -0.3 is 7.43 Å². The summed E-state index contributed by atoms with van der Waals surface area (Å²) in [5.41, 5.74) is 8.39. The van der Waals surface area contributed by atoms with Crippen LogP contribution in [0.1, 0.15) is 45.2 Å². The van der Waals surface area contributed by atoms with Crippen LogP contribution in [0.4, 0.5) is 0 Å². The summed E-state index contributed by atoms with van der Waals surface area (Å²) >= 11 is 0. The van der Waals surface area contributed by atoms with Gasteiger partial charge in [0.1, 0.15) is 0 Å². The number of fused-ring (bicyclic) bond motifs is 5. The Morgan fingerprint density at radius 1 is 0.467 bits per heavy atom. The Balaban J connectivity index is 0.000000241. The Labute approximate surface area is 286 Å². The van der Waals surface area contributed by atoms with Crippen molar-refractivity contribution in [3.8, 4) is 0 Å². The fourth-order valence-electron chi connectivity index (χ4n) is 6.39. The number of allylic oxidation sites excluding steroid dienone is 2. The van der Waals surface area contributed by atoms with E-state index in [0.29, 0.717) is 5.92 Å². The summed E-state index contributed by atoms with van der Waals surface area (Å²) in [5, 5.41) is 5.43. The van der Waals surface area contributed by atoms with Gasteiger partial charge in [0.25, 0.3) is 0 Å². The smallest absolute Gasteiger partial charge is 0.358 e. The van der Waals surface area contributed by atoms with E-state index in [1.54, 1.807) is 0 Å². The van der Waals surface area contributed by atoms with Gasteiger partial charge >= 0.3 is 25.8 Å². The van der Waals surface area contributed by atoms with Gasteiger partial charge in [-0.15, -0.1) is 33.7 Å². The third-order valence-corrected chi connectivity index (χ3v) is 8.33. The summed E-state index contributed by atoms with van der Waals surface area (Å²) in [6.45, 7) is 0. The average molecular weight is 741 g/mol. The molecule has 0 saturated carbocycles. The molecule has 0 saturated heterocycles. The van der Waals surface area contributed by atoms with E-state index in [-0.39, 0.29) is 39.2 Å². The van der Waals surface area contributed by atoms with E-state index >= 15 is 0 Å². The standard InChI is InChI=1S/C31H21.2C6H5.CH3.Hf/c1-4-10-23-20(7-1)13-15-26(23)29-18-17-27-25-12-6-3-9-22(25)19-30(27)31(29)28-16-14-21-8-2-5-11-24(21)28;2*1-2-4-6-5-3-1;;/h1-19,26,28H;2*1-5H;1H3;/q4*-1;+4. The quantitative estimate of drug-likeness (QED) is 0.122. The van der Waals surface area contributed by atoms with E-state index in [4.69, 9.17) is 0 Å². The molecule has 0 amide bonds. The zero-order valence-electron chi connectivity index (χ0n) is 25.4. The first kappa shape index (κ1) is 31.9. The summed E-state index contributed by atoms with van der Waals surface area (Å²) in [5.74, 6) is 0.586. The number of hydrogen-bond acceptors (Lipinski definition) is 0. The van der Waals surface area contributed by atoms with Gasteiger partial charge in [0, 0.05) is 11.8 Å². The van der Waals surface area contributed by atoms with Crippen LogP contribution in [0.5, 0.6) is 0 Å². The molecule has 214 valence electrons. The summed E-state index contributed by atoms with van der Waals surface area (Å²) in [7, 11) is 0. The molecule has 0 N–H and O–H groups in total. The topological polar surface area (TPSA) is 0 Å². The first-order valence-electron chi connectivity index (χ1n) is 14.9. The van der Waals surface area contributed by atoms with Crippen LogP contribution in [-0.2, 0) is 25.8 Å². The van der Waals surface area contributed by atoms with Gasteiger partial charge in [-0.2, -0.15) is 72.8 Å². The fourth-order valence-corrected chi connectivity index (χ4v) is 6.39. The van der Waals surface area contributed by atoms with E-state index in [2.05, 4.69) is 127 Å². The van der Waals surface area contributed by atoms with Gasteiger partial charge in [0.15, 0.2) is 0 Å².